The zero-order chi connectivity index (χ0) is 28.4. The van der Waals surface area contributed by atoms with E-state index in [1.54, 1.807) is 24.8 Å². The van der Waals surface area contributed by atoms with E-state index in [4.69, 9.17) is 0 Å². The van der Waals surface area contributed by atoms with Crippen molar-refractivity contribution < 1.29 is 24.3 Å². The van der Waals surface area contributed by atoms with Crippen molar-refractivity contribution in [1.29, 1.82) is 0 Å². The fourth-order valence-electron chi connectivity index (χ4n) is 5.06. The van der Waals surface area contributed by atoms with E-state index in [-0.39, 0.29) is 23.3 Å². The van der Waals surface area contributed by atoms with Gasteiger partial charge in [0.1, 0.15) is 17.1 Å². The predicted molar refractivity (Wildman–Crippen MR) is 152 cm³/mol. The summed E-state index contributed by atoms with van der Waals surface area (Å²) in [5.74, 6) is -1.40. The molecule has 3 N–H and O–H groups in total. The van der Waals surface area contributed by atoms with Gasteiger partial charge in [0.2, 0.25) is 11.8 Å². The summed E-state index contributed by atoms with van der Waals surface area (Å²) in [7, 11) is 0. The van der Waals surface area contributed by atoms with Gasteiger partial charge in [-0.15, -0.1) is 23.5 Å². The number of hydrogen-bond acceptors (Lipinski definition) is 7. The number of carbonyl (C=O) groups is 4. The molecule has 3 fully saturated rings. The minimum Gasteiger partial charge on any atom is -0.477 e. The second-order valence-corrected chi connectivity index (χ2v) is 12.3. The standard InChI is InChI=1S/C25H27N3O5S2.C3H4N2/c1-13-7-14(2)9-18(8-13)34-12-19(29)26-20-23(31)28-21(25(32)33)16(11-35-24(20)28)10-15-5-6-27(22(15)30)17-3-4-17;1-2-5-3-4-1/h7-10,17,20,24H,3-6,11-12H2,1-2H3,(H,26,29)(H,32,33);1-3H,(H,4,5)/b15-10+;/t20-,24-;/m1./s1. The van der Waals surface area contributed by atoms with Crippen molar-refractivity contribution in [2.24, 2.45) is 0 Å². The highest BCUT2D eigenvalue weighted by molar-refractivity contribution is 8.00. The number of thioether (sulfide) groups is 2. The average molecular weight is 582 g/mol. The van der Waals surface area contributed by atoms with Crippen LogP contribution in [-0.2, 0) is 19.2 Å². The minimum absolute atomic E-state index is 0.0294. The van der Waals surface area contributed by atoms with Crippen LogP contribution < -0.4 is 5.32 Å². The van der Waals surface area contributed by atoms with Gasteiger partial charge in [-0.25, -0.2) is 9.78 Å². The zero-order valence-corrected chi connectivity index (χ0v) is 23.9. The van der Waals surface area contributed by atoms with Gasteiger partial charge in [-0.2, -0.15) is 0 Å². The van der Waals surface area contributed by atoms with Crippen LogP contribution in [0.5, 0.6) is 0 Å². The van der Waals surface area contributed by atoms with Crippen molar-refractivity contribution >= 4 is 47.2 Å². The summed E-state index contributed by atoms with van der Waals surface area (Å²) in [4.78, 5) is 60.8. The average Bonchev–Trinajstić information content (AvgIpc) is 3.41. The number of aryl methyl sites for hydroxylation is 2. The molecule has 0 unspecified atom stereocenters. The van der Waals surface area contributed by atoms with E-state index in [9.17, 15) is 24.3 Å². The fourth-order valence-corrected chi connectivity index (χ4v) is 7.29. The number of nitrogens with zero attached hydrogens (tertiary/aromatic N) is 3. The molecule has 40 heavy (non-hydrogen) atoms. The molecule has 0 spiro atoms. The highest BCUT2D eigenvalue weighted by atomic mass is 32.2. The van der Waals surface area contributed by atoms with Crippen LogP contribution in [0.4, 0.5) is 0 Å². The summed E-state index contributed by atoms with van der Waals surface area (Å²) >= 11 is 2.81. The molecule has 1 saturated carbocycles. The Bertz CT molecular complexity index is 1350. The molecule has 3 amide bonds. The third-order valence-electron chi connectivity index (χ3n) is 6.98. The van der Waals surface area contributed by atoms with Crippen LogP contribution in [-0.4, -0.2) is 84.1 Å². The monoisotopic (exact) mass is 581 g/mol. The molecule has 4 heterocycles. The number of nitrogens with one attached hydrogen (secondary N) is 2. The number of aliphatic carboxylic acids is 1. The first kappa shape index (κ1) is 28.0. The SMILES string of the molecule is Cc1cc(C)cc(SCC(=O)N[C@@H]2C(=O)N3C(C(=O)O)=C(/C=C4\CCN(C5CC5)C4=O)CS[C@H]23)c1.c1c[nH]cn1. The van der Waals surface area contributed by atoms with Crippen molar-refractivity contribution in [3.05, 3.63) is 71.0 Å². The number of amides is 3. The summed E-state index contributed by atoms with van der Waals surface area (Å²) < 4.78 is 0. The Morgan fingerprint density at radius 2 is 1.98 bits per heavy atom. The second-order valence-electron chi connectivity index (χ2n) is 10.2. The molecule has 2 saturated heterocycles. The number of aromatic nitrogens is 2. The molecule has 0 radical (unpaired) electrons. The summed E-state index contributed by atoms with van der Waals surface area (Å²) in [5.41, 5.74) is 3.23. The molecule has 0 bridgehead atoms. The van der Waals surface area contributed by atoms with Crippen LogP contribution in [0.1, 0.15) is 30.4 Å². The molecule has 2 atom stereocenters. The first-order valence-corrected chi connectivity index (χ1v) is 15.1. The molecule has 1 aromatic heterocycles. The molecule has 10 nitrogen and oxygen atoms in total. The van der Waals surface area contributed by atoms with E-state index in [2.05, 4.69) is 21.4 Å². The summed E-state index contributed by atoms with van der Waals surface area (Å²) in [6.45, 7) is 4.67. The van der Waals surface area contributed by atoms with Crippen molar-refractivity contribution in [1.82, 2.24) is 25.1 Å². The normalized spacial score (nSPS) is 23.0. The van der Waals surface area contributed by atoms with Gasteiger partial charge in [-0.1, -0.05) is 6.07 Å². The van der Waals surface area contributed by atoms with Gasteiger partial charge >= 0.3 is 5.97 Å². The van der Waals surface area contributed by atoms with E-state index < -0.39 is 23.3 Å². The van der Waals surface area contributed by atoms with Crippen LogP contribution in [0.15, 0.2) is 64.7 Å². The lowest BCUT2D eigenvalue weighted by Crippen LogP contribution is -2.70. The Balaban J connectivity index is 0.000000582. The number of carbonyl (C=O) groups excluding carboxylic acids is 3. The van der Waals surface area contributed by atoms with Gasteiger partial charge in [-0.3, -0.25) is 19.3 Å². The highest BCUT2D eigenvalue weighted by Crippen LogP contribution is 2.42. The first-order valence-electron chi connectivity index (χ1n) is 13.1. The number of hydrogen-bond donors (Lipinski definition) is 3. The molecule has 12 heteroatoms. The topological polar surface area (TPSA) is 136 Å². The van der Waals surface area contributed by atoms with Crippen molar-refractivity contribution in [3.8, 4) is 0 Å². The third-order valence-corrected chi connectivity index (χ3v) is 9.26. The van der Waals surface area contributed by atoms with E-state index in [0.29, 0.717) is 35.9 Å². The van der Waals surface area contributed by atoms with Gasteiger partial charge in [0.05, 0.1) is 12.1 Å². The zero-order valence-electron chi connectivity index (χ0n) is 22.3. The van der Waals surface area contributed by atoms with Gasteiger partial charge < -0.3 is 20.3 Å². The maximum Gasteiger partial charge on any atom is 0.352 e. The third kappa shape index (κ3) is 6.12. The van der Waals surface area contributed by atoms with E-state index in [1.165, 1.54) is 28.4 Å². The number of fused-ring (bicyclic) bond motifs is 1. The Kier molecular flexibility index (Phi) is 8.36. The number of β-lactam (4-membered cyclic amide) rings is 1. The first-order chi connectivity index (χ1) is 19.2. The number of imidazole rings is 1. The van der Waals surface area contributed by atoms with Gasteiger partial charge in [0.25, 0.3) is 5.91 Å². The van der Waals surface area contributed by atoms with Gasteiger partial charge in [-0.05, 0) is 68.0 Å². The van der Waals surface area contributed by atoms with Crippen LogP contribution in [0.3, 0.4) is 0 Å². The number of aromatic amines is 1. The summed E-state index contributed by atoms with van der Waals surface area (Å²) in [5, 5.41) is 12.2. The van der Waals surface area contributed by atoms with E-state index in [1.807, 2.05) is 30.9 Å². The molecule has 6 rings (SSSR count). The maximum absolute atomic E-state index is 12.9. The Morgan fingerprint density at radius 1 is 1.23 bits per heavy atom. The number of benzene rings is 1. The summed E-state index contributed by atoms with van der Waals surface area (Å²) in [6, 6.07) is 5.65. The molecular formula is C28H31N5O5S2. The molecule has 2 aromatic rings. The fraction of sp³-hybridized carbons (Fsp3) is 0.393. The Morgan fingerprint density at radius 3 is 2.58 bits per heavy atom. The van der Waals surface area contributed by atoms with E-state index >= 15 is 0 Å². The lowest BCUT2D eigenvalue weighted by atomic mass is 10.0. The van der Waals surface area contributed by atoms with Crippen LogP contribution in [0.25, 0.3) is 0 Å². The van der Waals surface area contributed by atoms with Crippen LogP contribution in [0, 0.1) is 13.8 Å². The number of H-pyrrole nitrogens is 1. The maximum atomic E-state index is 12.9. The van der Waals surface area contributed by atoms with E-state index in [0.717, 1.165) is 28.9 Å². The van der Waals surface area contributed by atoms with Crippen molar-refractivity contribution in [2.75, 3.05) is 18.1 Å². The molecule has 4 aliphatic rings. The largest absolute Gasteiger partial charge is 0.477 e. The lowest BCUT2D eigenvalue weighted by Gasteiger charge is -2.49. The number of carboxylic acids is 1. The molecule has 3 aliphatic heterocycles. The number of allylic oxidation sites excluding steroid dienone is 1. The minimum atomic E-state index is -1.20. The lowest BCUT2D eigenvalue weighted by molar-refractivity contribution is -0.150. The number of rotatable bonds is 7. The second kappa shape index (κ2) is 11.9. The predicted octanol–water partition coefficient (Wildman–Crippen LogP) is 2.86. The van der Waals surface area contributed by atoms with Crippen molar-refractivity contribution in [3.63, 3.8) is 0 Å². The Hall–Kier alpha value is -3.51. The smallest absolute Gasteiger partial charge is 0.352 e. The number of carboxylic acid groups (broad SMARTS) is 1. The molecular weight excluding hydrogens is 550 g/mol. The van der Waals surface area contributed by atoms with Crippen LogP contribution in [0.2, 0.25) is 0 Å². The number of likely N-dealkylation sites (tertiary alicyclic amines) is 1. The summed E-state index contributed by atoms with van der Waals surface area (Å²) in [6.07, 6.45) is 9.39. The van der Waals surface area contributed by atoms with Gasteiger partial charge in [0, 0.05) is 41.2 Å². The van der Waals surface area contributed by atoms with Crippen LogP contribution >= 0.6 is 23.5 Å². The van der Waals surface area contributed by atoms with Gasteiger partial charge in [0.15, 0.2) is 0 Å². The van der Waals surface area contributed by atoms with Crippen molar-refractivity contribution in [2.45, 2.75) is 55.5 Å². The molecule has 1 aromatic carbocycles. The Labute approximate surface area is 240 Å². The highest BCUT2D eigenvalue weighted by Gasteiger charge is 2.54. The molecule has 1 aliphatic carbocycles. The quantitative estimate of drug-likeness (QED) is 0.258. The molecule has 210 valence electrons.